The number of thiophene rings is 1. The molecule has 4 nitrogen and oxygen atoms in total. The predicted octanol–water partition coefficient (Wildman–Crippen LogP) is 4.22. The maximum absolute atomic E-state index is 12.6. The van der Waals surface area contributed by atoms with Crippen LogP contribution in [0.1, 0.15) is 21.7 Å². The molecule has 2 rings (SSSR count). The van der Waals surface area contributed by atoms with Crippen LogP contribution >= 0.6 is 43.2 Å². The summed E-state index contributed by atoms with van der Waals surface area (Å²) in [5.74, 6) is -0.0782. The number of pyridine rings is 1. The number of aromatic nitrogens is 1. The van der Waals surface area contributed by atoms with Crippen molar-refractivity contribution in [2.75, 3.05) is 6.54 Å². The molecule has 0 aliphatic heterocycles. The van der Waals surface area contributed by atoms with Gasteiger partial charge in [-0.1, -0.05) is 6.07 Å². The van der Waals surface area contributed by atoms with E-state index in [1.165, 1.54) is 11.3 Å². The second-order valence-corrected chi connectivity index (χ2v) is 7.45. The SMILES string of the molecule is N#CCCN(Cc1cccnc1)C(=O)c1cc(Br)c(Br)s1. The first kappa shape index (κ1) is 16.1. The molecule has 0 aliphatic carbocycles. The molecule has 0 N–H and O–H groups in total. The number of halogens is 2. The lowest BCUT2D eigenvalue weighted by molar-refractivity contribution is 0.0751. The molecular weight excluding hydrogens is 418 g/mol. The Morgan fingerprint density at radius 1 is 1.48 bits per heavy atom. The molecule has 0 bridgehead atoms. The van der Waals surface area contributed by atoms with Gasteiger partial charge in [0, 0.05) is 30.0 Å². The van der Waals surface area contributed by atoms with Crippen LogP contribution in [-0.2, 0) is 6.54 Å². The first-order valence-electron chi connectivity index (χ1n) is 6.11. The van der Waals surface area contributed by atoms with E-state index in [0.717, 1.165) is 13.8 Å². The maximum atomic E-state index is 12.6. The number of carbonyl (C=O) groups excluding carboxylic acids is 1. The summed E-state index contributed by atoms with van der Waals surface area (Å²) in [5, 5.41) is 8.77. The largest absolute Gasteiger partial charge is 0.333 e. The zero-order valence-corrected chi connectivity index (χ0v) is 14.9. The van der Waals surface area contributed by atoms with Crippen LogP contribution in [0, 0.1) is 11.3 Å². The second-order valence-electron chi connectivity index (χ2n) is 4.23. The molecule has 0 aromatic carbocycles. The fraction of sp³-hybridized carbons (Fsp3) is 0.214. The highest BCUT2D eigenvalue weighted by Gasteiger charge is 2.19. The highest BCUT2D eigenvalue weighted by atomic mass is 79.9. The van der Waals surface area contributed by atoms with Gasteiger partial charge in [-0.15, -0.1) is 11.3 Å². The second kappa shape index (κ2) is 7.69. The lowest BCUT2D eigenvalue weighted by Crippen LogP contribution is -2.30. The molecule has 7 heteroatoms. The standard InChI is InChI=1S/C14H11Br2N3OS/c15-11-7-12(21-13(11)16)14(20)19(6-2-4-17)9-10-3-1-5-18-8-10/h1,3,5,7-8H,2,6,9H2. The smallest absolute Gasteiger partial charge is 0.264 e. The van der Waals surface area contributed by atoms with Crippen molar-refractivity contribution >= 4 is 49.1 Å². The number of carbonyl (C=O) groups is 1. The van der Waals surface area contributed by atoms with Gasteiger partial charge in [0.05, 0.1) is 21.2 Å². The summed E-state index contributed by atoms with van der Waals surface area (Å²) in [4.78, 5) is 18.9. The van der Waals surface area contributed by atoms with E-state index in [1.54, 1.807) is 23.4 Å². The monoisotopic (exact) mass is 427 g/mol. The Bertz CT molecular complexity index is 647. The first-order chi connectivity index (χ1) is 10.1. The Hall–Kier alpha value is -1.23. The van der Waals surface area contributed by atoms with Crippen molar-refractivity contribution in [3.8, 4) is 6.07 Å². The van der Waals surface area contributed by atoms with Crippen molar-refractivity contribution in [2.24, 2.45) is 0 Å². The number of hydrogen-bond acceptors (Lipinski definition) is 4. The Kier molecular flexibility index (Phi) is 5.91. The van der Waals surface area contributed by atoms with Crippen LogP contribution < -0.4 is 0 Å². The molecule has 0 fully saturated rings. The molecule has 2 aromatic rings. The third-order valence-corrected chi connectivity index (χ3v) is 5.98. The van der Waals surface area contributed by atoms with Gasteiger partial charge in [0.1, 0.15) is 0 Å². The zero-order chi connectivity index (χ0) is 15.2. The van der Waals surface area contributed by atoms with E-state index in [4.69, 9.17) is 5.26 Å². The normalized spacial score (nSPS) is 10.1. The van der Waals surface area contributed by atoms with Crippen molar-refractivity contribution in [1.29, 1.82) is 5.26 Å². The van der Waals surface area contributed by atoms with E-state index in [2.05, 4.69) is 42.9 Å². The van der Waals surface area contributed by atoms with E-state index in [9.17, 15) is 4.79 Å². The van der Waals surface area contributed by atoms with Gasteiger partial charge in [0.25, 0.3) is 5.91 Å². The quantitative estimate of drug-likeness (QED) is 0.716. The van der Waals surface area contributed by atoms with Crippen LogP contribution in [-0.4, -0.2) is 22.3 Å². The molecule has 0 radical (unpaired) electrons. The Morgan fingerprint density at radius 3 is 2.86 bits per heavy atom. The number of rotatable bonds is 5. The molecule has 0 unspecified atom stereocenters. The van der Waals surface area contributed by atoms with Crippen molar-refractivity contribution in [3.63, 3.8) is 0 Å². The van der Waals surface area contributed by atoms with Gasteiger partial charge in [-0.2, -0.15) is 5.26 Å². The highest BCUT2D eigenvalue weighted by molar-refractivity contribution is 9.13. The summed E-state index contributed by atoms with van der Waals surface area (Å²) >= 11 is 8.15. The predicted molar refractivity (Wildman–Crippen MR) is 88.9 cm³/mol. The minimum atomic E-state index is -0.0782. The van der Waals surface area contributed by atoms with Gasteiger partial charge < -0.3 is 4.90 Å². The summed E-state index contributed by atoms with van der Waals surface area (Å²) in [7, 11) is 0. The average Bonchev–Trinajstić information content (AvgIpc) is 2.83. The number of hydrogen-bond donors (Lipinski definition) is 0. The summed E-state index contributed by atoms with van der Waals surface area (Å²) in [6.07, 6.45) is 3.73. The molecular formula is C14H11Br2N3OS. The number of nitriles is 1. The van der Waals surface area contributed by atoms with Crippen LogP contribution in [0.3, 0.4) is 0 Å². The van der Waals surface area contributed by atoms with Gasteiger partial charge in [0.2, 0.25) is 0 Å². The van der Waals surface area contributed by atoms with Crippen molar-refractivity contribution < 1.29 is 4.79 Å². The van der Waals surface area contributed by atoms with E-state index in [1.807, 2.05) is 12.1 Å². The zero-order valence-electron chi connectivity index (χ0n) is 10.9. The van der Waals surface area contributed by atoms with Crippen LogP contribution in [0.2, 0.25) is 0 Å². The molecule has 2 heterocycles. The van der Waals surface area contributed by atoms with Crippen LogP contribution in [0.5, 0.6) is 0 Å². The van der Waals surface area contributed by atoms with Crippen molar-refractivity contribution in [1.82, 2.24) is 9.88 Å². The van der Waals surface area contributed by atoms with Gasteiger partial charge in [-0.3, -0.25) is 9.78 Å². The molecule has 2 aromatic heterocycles. The molecule has 1 amide bonds. The number of amides is 1. The average molecular weight is 429 g/mol. The molecule has 108 valence electrons. The van der Waals surface area contributed by atoms with E-state index in [0.29, 0.717) is 24.4 Å². The van der Waals surface area contributed by atoms with E-state index < -0.39 is 0 Å². The minimum absolute atomic E-state index is 0.0782. The summed E-state index contributed by atoms with van der Waals surface area (Å²) < 4.78 is 1.74. The van der Waals surface area contributed by atoms with E-state index in [-0.39, 0.29) is 5.91 Å². The fourth-order valence-electron chi connectivity index (χ4n) is 1.76. The number of nitrogens with zero attached hydrogens (tertiary/aromatic N) is 3. The minimum Gasteiger partial charge on any atom is -0.333 e. The van der Waals surface area contributed by atoms with Gasteiger partial charge >= 0.3 is 0 Å². The van der Waals surface area contributed by atoms with Crippen molar-refractivity contribution in [2.45, 2.75) is 13.0 Å². The molecule has 21 heavy (non-hydrogen) atoms. The maximum Gasteiger partial charge on any atom is 0.264 e. The topological polar surface area (TPSA) is 57.0 Å². The van der Waals surface area contributed by atoms with Gasteiger partial charge in [-0.25, -0.2) is 0 Å². The third kappa shape index (κ3) is 4.37. The Balaban J connectivity index is 2.19. The lowest BCUT2D eigenvalue weighted by Gasteiger charge is -2.20. The Morgan fingerprint density at radius 2 is 2.29 bits per heavy atom. The van der Waals surface area contributed by atoms with Gasteiger partial charge in [-0.05, 0) is 49.6 Å². The summed E-state index contributed by atoms with van der Waals surface area (Å²) in [6, 6.07) is 7.62. The fourth-order valence-corrected chi connectivity index (χ4v) is 3.76. The van der Waals surface area contributed by atoms with Crippen LogP contribution in [0.25, 0.3) is 0 Å². The van der Waals surface area contributed by atoms with Crippen LogP contribution in [0.4, 0.5) is 0 Å². The summed E-state index contributed by atoms with van der Waals surface area (Å²) in [5.41, 5.74) is 0.943. The molecule has 0 saturated carbocycles. The summed E-state index contributed by atoms with van der Waals surface area (Å²) in [6.45, 7) is 0.846. The van der Waals surface area contributed by atoms with Crippen LogP contribution in [0.15, 0.2) is 38.9 Å². The first-order valence-corrected chi connectivity index (χ1v) is 8.52. The third-order valence-electron chi connectivity index (χ3n) is 2.73. The molecule has 0 aliphatic rings. The van der Waals surface area contributed by atoms with E-state index >= 15 is 0 Å². The highest BCUT2D eigenvalue weighted by Crippen LogP contribution is 2.33. The lowest BCUT2D eigenvalue weighted by atomic mass is 10.2. The van der Waals surface area contributed by atoms with Gasteiger partial charge in [0.15, 0.2) is 0 Å². The van der Waals surface area contributed by atoms with Crippen molar-refractivity contribution in [3.05, 3.63) is 49.3 Å². The molecule has 0 spiro atoms. The Labute approximate surface area is 143 Å². The molecule has 0 saturated heterocycles. The molecule has 0 atom stereocenters.